The van der Waals surface area contributed by atoms with E-state index < -0.39 is 14.9 Å². The van der Waals surface area contributed by atoms with Crippen molar-refractivity contribution >= 4 is 15.7 Å². The minimum absolute atomic E-state index is 0.0261. The number of morpholine rings is 1. The first-order valence-corrected chi connectivity index (χ1v) is 7.31. The van der Waals surface area contributed by atoms with Crippen molar-refractivity contribution in [2.75, 3.05) is 33.4 Å². The molecule has 0 saturated carbocycles. The Bertz CT molecular complexity index is 609. The van der Waals surface area contributed by atoms with Crippen LogP contribution in [0.2, 0.25) is 0 Å². The Morgan fingerprint density at radius 3 is 2.55 bits per heavy atom. The Kier molecular flexibility index (Phi) is 4.21. The van der Waals surface area contributed by atoms with Gasteiger partial charge in [0.1, 0.15) is 0 Å². The molecule has 0 spiro atoms. The molecular formula is C11H14N2O6S. The van der Waals surface area contributed by atoms with E-state index in [4.69, 9.17) is 9.47 Å². The molecule has 9 heteroatoms. The van der Waals surface area contributed by atoms with Crippen molar-refractivity contribution in [1.82, 2.24) is 4.31 Å². The van der Waals surface area contributed by atoms with Crippen LogP contribution in [0.25, 0.3) is 0 Å². The number of nitro benzene ring substituents is 1. The molecule has 20 heavy (non-hydrogen) atoms. The maximum absolute atomic E-state index is 12.4. The molecule has 1 aliphatic heterocycles. The lowest BCUT2D eigenvalue weighted by molar-refractivity contribution is -0.385. The zero-order valence-corrected chi connectivity index (χ0v) is 11.6. The normalized spacial score (nSPS) is 16.9. The van der Waals surface area contributed by atoms with E-state index in [0.717, 1.165) is 6.07 Å². The van der Waals surface area contributed by atoms with Crippen LogP contribution in [0.5, 0.6) is 5.75 Å². The summed E-state index contributed by atoms with van der Waals surface area (Å²) in [6.45, 7) is 1.20. The van der Waals surface area contributed by atoms with Crippen LogP contribution in [0.4, 0.5) is 5.69 Å². The number of hydrogen-bond acceptors (Lipinski definition) is 6. The Hall–Kier alpha value is -1.71. The SMILES string of the molecule is COc1cc(S(=O)(=O)N2CCOCC2)ccc1[N+](=O)[O-]. The molecular weight excluding hydrogens is 288 g/mol. The lowest BCUT2D eigenvalue weighted by Crippen LogP contribution is -2.40. The third kappa shape index (κ3) is 2.74. The van der Waals surface area contributed by atoms with Crippen LogP contribution in [0, 0.1) is 10.1 Å². The van der Waals surface area contributed by atoms with Crippen LogP contribution in [0.1, 0.15) is 0 Å². The summed E-state index contributed by atoms with van der Waals surface area (Å²) in [7, 11) is -2.43. The third-order valence-electron chi connectivity index (χ3n) is 2.96. The molecule has 0 amide bonds. The molecule has 2 rings (SSSR count). The molecule has 1 fully saturated rings. The molecule has 0 aliphatic carbocycles. The van der Waals surface area contributed by atoms with E-state index >= 15 is 0 Å². The molecule has 8 nitrogen and oxygen atoms in total. The van der Waals surface area contributed by atoms with Gasteiger partial charge in [0.25, 0.3) is 0 Å². The summed E-state index contributed by atoms with van der Waals surface area (Å²) in [5.41, 5.74) is -0.270. The lowest BCUT2D eigenvalue weighted by atomic mass is 10.3. The first-order valence-electron chi connectivity index (χ1n) is 5.87. The summed E-state index contributed by atoms with van der Waals surface area (Å²) in [6, 6.07) is 3.51. The molecule has 0 aromatic heterocycles. The van der Waals surface area contributed by atoms with Gasteiger partial charge >= 0.3 is 5.69 Å². The summed E-state index contributed by atoms with van der Waals surface area (Å²) >= 11 is 0. The fourth-order valence-corrected chi connectivity index (χ4v) is 3.33. The smallest absolute Gasteiger partial charge is 0.310 e. The Balaban J connectivity index is 2.39. The largest absolute Gasteiger partial charge is 0.490 e. The summed E-state index contributed by atoms with van der Waals surface area (Å²) in [5, 5.41) is 10.8. The fourth-order valence-electron chi connectivity index (χ4n) is 1.91. The highest BCUT2D eigenvalue weighted by Gasteiger charge is 2.28. The number of rotatable bonds is 4. The number of sulfonamides is 1. The van der Waals surface area contributed by atoms with E-state index in [9.17, 15) is 18.5 Å². The molecule has 1 aliphatic rings. The van der Waals surface area contributed by atoms with Crippen molar-refractivity contribution in [3.63, 3.8) is 0 Å². The van der Waals surface area contributed by atoms with Crippen molar-refractivity contribution < 1.29 is 22.8 Å². The van der Waals surface area contributed by atoms with Gasteiger partial charge in [-0.15, -0.1) is 0 Å². The molecule has 1 heterocycles. The maximum Gasteiger partial charge on any atom is 0.310 e. The molecule has 1 saturated heterocycles. The van der Waals surface area contributed by atoms with Crippen LogP contribution in [0.3, 0.4) is 0 Å². The highest BCUT2D eigenvalue weighted by atomic mass is 32.2. The third-order valence-corrected chi connectivity index (χ3v) is 4.85. The van der Waals surface area contributed by atoms with Crippen molar-refractivity contribution in [1.29, 1.82) is 0 Å². The van der Waals surface area contributed by atoms with Gasteiger partial charge in [-0.3, -0.25) is 10.1 Å². The monoisotopic (exact) mass is 302 g/mol. The Morgan fingerprint density at radius 2 is 2.00 bits per heavy atom. The van der Waals surface area contributed by atoms with Crippen LogP contribution in [0.15, 0.2) is 23.1 Å². The van der Waals surface area contributed by atoms with Gasteiger partial charge in [0.05, 0.1) is 30.1 Å². The zero-order valence-electron chi connectivity index (χ0n) is 10.8. The highest BCUT2D eigenvalue weighted by Crippen LogP contribution is 2.30. The Labute approximate surface area is 116 Å². The molecule has 0 radical (unpaired) electrons. The molecule has 0 N–H and O–H groups in total. The van der Waals surface area contributed by atoms with Crippen molar-refractivity contribution in [2.45, 2.75) is 4.90 Å². The van der Waals surface area contributed by atoms with Gasteiger partial charge in [0, 0.05) is 25.2 Å². The molecule has 0 bridgehead atoms. The second-order valence-corrected chi connectivity index (χ2v) is 6.05. The molecule has 110 valence electrons. The summed E-state index contributed by atoms with van der Waals surface area (Å²) in [4.78, 5) is 10.1. The number of nitro groups is 1. The van der Waals surface area contributed by atoms with E-state index in [1.54, 1.807) is 0 Å². The van der Waals surface area contributed by atoms with E-state index in [-0.39, 0.29) is 29.4 Å². The van der Waals surface area contributed by atoms with Crippen molar-refractivity contribution in [3.05, 3.63) is 28.3 Å². The minimum Gasteiger partial charge on any atom is -0.490 e. The summed E-state index contributed by atoms with van der Waals surface area (Å²) < 4.78 is 36.0. The summed E-state index contributed by atoms with van der Waals surface area (Å²) in [6.07, 6.45) is 0. The lowest BCUT2D eigenvalue weighted by Gasteiger charge is -2.26. The average molecular weight is 302 g/mol. The van der Waals surface area contributed by atoms with Crippen LogP contribution >= 0.6 is 0 Å². The van der Waals surface area contributed by atoms with Crippen LogP contribution in [-0.4, -0.2) is 51.1 Å². The van der Waals surface area contributed by atoms with Gasteiger partial charge < -0.3 is 9.47 Å². The van der Waals surface area contributed by atoms with Gasteiger partial charge in [-0.2, -0.15) is 4.31 Å². The maximum atomic E-state index is 12.4. The quantitative estimate of drug-likeness (QED) is 0.597. The van der Waals surface area contributed by atoms with Gasteiger partial charge in [-0.1, -0.05) is 0 Å². The average Bonchev–Trinajstić information content (AvgIpc) is 2.47. The van der Waals surface area contributed by atoms with Gasteiger partial charge in [0.2, 0.25) is 10.0 Å². The minimum atomic E-state index is -3.69. The van der Waals surface area contributed by atoms with Crippen molar-refractivity contribution in [2.24, 2.45) is 0 Å². The first-order chi connectivity index (χ1) is 9.46. The van der Waals surface area contributed by atoms with Gasteiger partial charge in [0.15, 0.2) is 5.75 Å². The van der Waals surface area contributed by atoms with E-state index in [0.29, 0.717) is 13.2 Å². The van der Waals surface area contributed by atoms with Gasteiger partial charge in [-0.25, -0.2) is 8.42 Å². The van der Waals surface area contributed by atoms with Crippen molar-refractivity contribution in [3.8, 4) is 5.75 Å². The number of hydrogen-bond donors (Lipinski definition) is 0. The molecule has 0 atom stereocenters. The topological polar surface area (TPSA) is 99.0 Å². The predicted octanol–water partition coefficient (Wildman–Crippen LogP) is 0.624. The summed E-state index contributed by atoms with van der Waals surface area (Å²) in [5.74, 6) is -0.0793. The predicted molar refractivity (Wildman–Crippen MR) is 69.2 cm³/mol. The second-order valence-electron chi connectivity index (χ2n) is 4.11. The Morgan fingerprint density at radius 1 is 1.35 bits per heavy atom. The number of ether oxygens (including phenoxy) is 2. The first kappa shape index (κ1) is 14.7. The van der Waals surface area contributed by atoms with Crippen LogP contribution < -0.4 is 4.74 Å². The van der Waals surface area contributed by atoms with Crippen LogP contribution in [-0.2, 0) is 14.8 Å². The van der Waals surface area contributed by atoms with E-state index in [2.05, 4.69) is 0 Å². The fraction of sp³-hybridized carbons (Fsp3) is 0.455. The highest BCUT2D eigenvalue weighted by molar-refractivity contribution is 7.89. The molecule has 0 unspecified atom stereocenters. The number of benzene rings is 1. The molecule has 1 aromatic carbocycles. The van der Waals surface area contributed by atoms with Gasteiger partial charge in [-0.05, 0) is 6.07 Å². The standard InChI is InChI=1S/C11H14N2O6S/c1-18-11-8-9(2-3-10(11)13(14)15)20(16,17)12-4-6-19-7-5-12/h2-3,8H,4-7H2,1H3. The van der Waals surface area contributed by atoms with E-state index in [1.165, 1.54) is 23.5 Å². The molecule has 1 aromatic rings. The van der Waals surface area contributed by atoms with E-state index in [1.807, 2.05) is 0 Å². The zero-order chi connectivity index (χ0) is 14.8. The number of methoxy groups -OCH3 is 1. The second kappa shape index (κ2) is 5.73. The number of nitrogens with zero attached hydrogens (tertiary/aromatic N) is 2.